The lowest BCUT2D eigenvalue weighted by Crippen LogP contribution is -2.24. The second-order valence-corrected chi connectivity index (χ2v) is 6.70. The molecule has 2 aromatic carbocycles. The van der Waals surface area contributed by atoms with E-state index in [1.807, 2.05) is 30.3 Å². The number of halogens is 1. The molecule has 0 radical (unpaired) electrons. The SMILES string of the molecule is COc1ccc([C@@H]2CC(=O)Nc3c2cnn3-c2cccc(Cl)c2)cc1OC. The van der Waals surface area contributed by atoms with Crippen molar-refractivity contribution in [2.45, 2.75) is 12.3 Å². The van der Waals surface area contributed by atoms with Crippen LogP contribution in [0.2, 0.25) is 5.02 Å². The molecule has 1 aliphatic heterocycles. The van der Waals surface area contributed by atoms with Crippen LogP contribution in [-0.2, 0) is 4.79 Å². The molecule has 1 N–H and O–H groups in total. The van der Waals surface area contributed by atoms with E-state index in [0.717, 1.165) is 16.8 Å². The van der Waals surface area contributed by atoms with Gasteiger partial charge in [0.25, 0.3) is 0 Å². The standard InChI is InChI=1S/C20H18ClN3O3/c1-26-17-7-6-12(8-18(17)27-2)15-10-19(25)23-20-16(15)11-22-24(20)14-5-3-4-13(21)9-14/h3-9,11,15H,10H2,1-2H3,(H,23,25)/t15-/m0/s1. The number of rotatable bonds is 4. The number of fused-ring (bicyclic) bond motifs is 1. The minimum atomic E-state index is -0.124. The summed E-state index contributed by atoms with van der Waals surface area (Å²) in [6.45, 7) is 0. The average molecular weight is 384 g/mol. The van der Waals surface area contributed by atoms with Crippen molar-refractivity contribution in [3.63, 3.8) is 0 Å². The first-order chi connectivity index (χ1) is 13.1. The van der Waals surface area contributed by atoms with Crippen LogP contribution in [0.4, 0.5) is 5.82 Å². The molecule has 1 aliphatic rings. The van der Waals surface area contributed by atoms with Gasteiger partial charge in [-0.25, -0.2) is 4.68 Å². The van der Waals surface area contributed by atoms with Crippen molar-refractivity contribution in [2.24, 2.45) is 0 Å². The molecular weight excluding hydrogens is 366 g/mol. The fourth-order valence-corrected chi connectivity index (χ4v) is 3.57. The van der Waals surface area contributed by atoms with Crippen LogP contribution in [0.1, 0.15) is 23.5 Å². The van der Waals surface area contributed by atoms with Gasteiger partial charge in [-0.15, -0.1) is 0 Å². The normalized spacial score (nSPS) is 15.8. The highest BCUT2D eigenvalue weighted by Gasteiger charge is 2.31. The summed E-state index contributed by atoms with van der Waals surface area (Å²) in [5.41, 5.74) is 2.70. The number of amides is 1. The number of benzene rings is 2. The van der Waals surface area contributed by atoms with E-state index in [9.17, 15) is 4.79 Å². The summed E-state index contributed by atoms with van der Waals surface area (Å²) in [4.78, 5) is 12.4. The fourth-order valence-electron chi connectivity index (χ4n) is 3.39. The molecule has 0 spiro atoms. The first kappa shape index (κ1) is 17.4. The number of aromatic nitrogens is 2. The summed E-state index contributed by atoms with van der Waals surface area (Å²) < 4.78 is 12.4. The molecule has 7 heteroatoms. The molecule has 27 heavy (non-hydrogen) atoms. The maximum Gasteiger partial charge on any atom is 0.226 e. The minimum Gasteiger partial charge on any atom is -0.493 e. The van der Waals surface area contributed by atoms with Gasteiger partial charge in [0.15, 0.2) is 11.5 Å². The van der Waals surface area contributed by atoms with Crippen molar-refractivity contribution < 1.29 is 14.3 Å². The van der Waals surface area contributed by atoms with Crippen LogP contribution in [0.15, 0.2) is 48.7 Å². The molecule has 1 aromatic heterocycles. The number of carbonyl (C=O) groups is 1. The number of ether oxygens (including phenoxy) is 2. The smallest absolute Gasteiger partial charge is 0.226 e. The number of anilines is 1. The molecule has 0 unspecified atom stereocenters. The lowest BCUT2D eigenvalue weighted by Gasteiger charge is -2.24. The van der Waals surface area contributed by atoms with Crippen LogP contribution < -0.4 is 14.8 Å². The highest BCUT2D eigenvalue weighted by atomic mass is 35.5. The molecule has 1 atom stereocenters. The lowest BCUT2D eigenvalue weighted by molar-refractivity contribution is -0.116. The molecule has 138 valence electrons. The van der Waals surface area contributed by atoms with Crippen LogP contribution in [0.5, 0.6) is 11.5 Å². The number of hydrogen-bond donors (Lipinski definition) is 1. The van der Waals surface area contributed by atoms with Crippen molar-refractivity contribution in [3.8, 4) is 17.2 Å². The van der Waals surface area contributed by atoms with Crippen LogP contribution in [-0.4, -0.2) is 29.9 Å². The Morgan fingerprint density at radius 2 is 1.96 bits per heavy atom. The molecule has 6 nitrogen and oxygen atoms in total. The van der Waals surface area contributed by atoms with Crippen molar-refractivity contribution in [2.75, 3.05) is 19.5 Å². The quantitative estimate of drug-likeness (QED) is 0.739. The Hall–Kier alpha value is -2.99. The summed E-state index contributed by atoms with van der Waals surface area (Å²) in [5, 5.41) is 8.03. The fraction of sp³-hybridized carbons (Fsp3) is 0.200. The van der Waals surface area contributed by atoms with Gasteiger partial charge >= 0.3 is 0 Å². The van der Waals surface area contributed by atoms with Gasteiger partial charge in [-0.3, -0.25) is 4.79 Å². The summed E-state index contributed by atoms with van der Waals surface area (Å²) in [5.74, 6) is 1.75. The first-order valence-electron chi connectivity index (χ1n) is 8.46. The molecule has 0 saturated carbocycles. The van der Waals surface area contributed by atoms with E-state index in [-0.39, 0.29) is 11.8 Å². The molecular formula is C20H18ClN3O3. The minimum absolute atomic E-state index is 0.0638. The third-order valence-electron chi connectivity index (χ3n) is 4.68. The molecule has 3 aromatic rings. The van der Waals surface area contributed by atoms with Crippen LogP contribution in [0.3, 0.4) is 0 Å². The van der Waals surface area contributed by atoms with E-state index >= 15 is 0 Å². The molecule has 0 fully saturated rings. The zero-order valence-corrected chi connectivity index (χ0v) is 15.7. The number of nitrogens with one attached hydrogen (secondary N) is 1. The van der Waals surface area contributed by atoms with Crippen LogP contribution in [0, 0.1) is 0 Å². The molecule has 0 saturated heterocycles. The average Bonchev–Trinajstić information content (AvgIpc) is 3.10. The Labute approximate surface area is 161 Å². The summed E-state index contributed by atoms with van der Waals surface area (Å²) in [7, 11) is 3.19. The van der Waals surface area contributed by atoms with Crippen molar-refractivity contribution >= 4 is 23.3 Å². The van der Waals surface area contributed by atoms with Gasteiger partial charge in [0, 0.05) is 22.9 Å². The maximum atomic E-state index is 12.4. The topological polar surface area (TPSA) is 65.4 Å². The largest absolute Gasteiger partial charge is 0.493 e. The van der Waals surface area contributed by atoms with Gasteiger partial charge in [0.1, 0.15) is 5.82 Å². The van der Waals surface area contributed by atoms with E-state index in [4.69, 9.17) is 21.1 Å². The van der Waals surface area contributed by atoms with E-state index in [0.29, 0.717) is 28.8 Å². The van der Waals surface area contributed by atoms with Gasteiger partial charge in [-0.1, -0.05) is 23.7 Å². The maximum absolute atomic E-state index is 12.4. The van der Waals surface area contributed by atoms with Gasteiger partial charge < -0.3 is 14.8 Å². The predicted octanol–water partition coefficient (Wildman–Crippen LogP) is 4.02. The van der Waals surface area contributed by atoms with Crippen molar-refractivity contribution in [1.82, 2.24) is 9.78 Å². The third-order valence-corrected chi connectivity index (χ3v) is 4.92. The zero-order chi connectivity index (χ0) is 19.0. The van der Waals surface area contributed by atoms with E-state index in [2.05, 4.69) is 10.4 Å². The first-order valence-corrected chi connectivity index (χ1v) is 8.84. The number of methoxy groups -OCH3 is 2. The molecule has 2 heterocycles. The second kappa shape index (κ2) is 6.96. The summed E-state index contributed by atoms with van der Waals surface area (Å²) >= 11 is 6.11. The van der Waals surface area contributed by atoms with Crippen molar-refractivity contribution in [3.05, 3.63) is 64.8 Å². The number of nitrogens with zero attached hydrogens (tertiary/aromatic N) is 2. The Morgan fingerprint density at radius 1 is 1.15 bits per heavy atom. The zero-order valence-electron chi connectivity index (χ0n) is 14.9. The highest BCUT2D eigenvalue weighted by molar-refractivity contribution is 6.30. The third kappa shape index (κ3) is 3.13. The van der Waals surface area contributed by atoms with Gasteiger partial charge in [-0.2, -0.15) is 5.10 Å². The molecule has 4 rings (SSSR count). The van der Waals surface area contributed by atoms with Gasteiger partial charge in [-0.05, 0) is 35.9 Å². The van der Waals surface area contributed by atoms with E-state index in [1.54, 1.807) is 37.2 Å². The summed E-state index contributed by atoms with van der Waals surface area (Å²) in [6, 6.07) is 13.1. The Balaban J connectivity index is 1.80. The van der Waals surface area contributed by atoms with Gasteiger partial charge in [0.2, 0.25) is 5.91 Å². The lowest BCUT2D eigenvalue weighted by atomic mass is 9.87. The van der Waals surface area contributed by atoms with Crippen LogP contribution in [0.25, 0.3) is 5.69 Å². The Kier molecular flexibility index (Phi) is 4.49. The van der Waals surface area contributed by atoms with Gasteiger partial charge in [0.05, 0.1) is 26.1 Å². The van der Waals surface area contributed by atoms with Crippen molar-refractivity contribution in [1.29, 1.82) is 0 Å². The van der Waals surface area contributed by atoms with E-state index in [1.165, 1.54) is 0 Å². The van der Waals surface area contributed by atoms with E-state index < -0.39 is 0 Å². The number of carbonyl (C=O) groups excluding carboxylic acids is 1. The Morgan fingerprint density at radius 3 is 2.70 bits per heavy atom. The van der Waals surface area contributed by atoms with Crippen LogP contribution >= 0.6 is 11.6 Å². The molecule has 0 aliphatic carbocycles. The monoisotopic (exact) mass is 383 g/mol. The predicted molar refractivity (Wildman–Crippen MR) is 103 cm³/mol. The Bertz CT molecular complexity index is 1020. The second-order valence-electron chi connectivity index (χ2n) is 6.26. The highest BCUT2D eigenvalue weighted by Crippen LogP contribution is 2.40. The number of hydrogen-bond acceptors (Lipinski definition) is 4. The summed E-state index contributed by atoms with van der Waals surface area (Å²) in [6.07, 6.45) is 2.13. The molecule has 0 bridgehead atoms. The molecule has 1 amide bonds.